The molecule has 20 heavy (non-hydrogen) atoms. The largest absolute Gasteiger partial charge is 0.479 e. The SMILES string of the molecule is CC(OCCNC(=O)CCN1C(=O)C=CC1=O)C(=O)O. The van der Waals surface area contributed by atoms with Crippen molar-refractivity contribution in [1.82, 2.24) is 10.2 Å². The Balaban J connectivity index is 2.14. The molecule has 1 aliphatic rings. The highest BCUT2D eigenvalue weighted by Crippen LogP contribution is 2.03. The first-order valence-corrected chi connectivity index (χ1v) is 6.06. The summed E-state index contributed by atoms with van der Waals surface area (Å²) < 4.78 is 4.92. The zero-order valence-electron chi connectivity index (χ0n) is 11.0. The maximum absolute atomic E-state index is 11.4. The van der Waals surface area contributed by atoms with Gasteiger partial charge in [0.25, 0.3) is 11.8 Å². The second kappa shape index (κ2) is 7.39. The molecule has 1 heterocycles. The maximum atomic E-state index is 11.4. The van der Waals surface area contributed by atoms with Gasteiger partial charge in [-0.3, -0.25) is 19.3 Å². The van der Waals surface area contributed by atoms with E-state index in [2.05, 4.69) is 5.32 Å². The number of nitrogens with one attached hydrogen (secondary N) is 1. The van der Waals surface area contributed by atoms with Gasteiger partial charge in [-0.1, -0.05) is 0 Å². The van der Waals surface area contributed by atoms with Gasteiger partial charge in [0, 0.05) is 31.7 Å². The number of nitrogens with zero attached hydrogens (tertiary/aromatic N) is 1. The van der Waals surface area contributed by atoms with E-state index in [4.69, 9.17) is 9.84 Å². The number of ether oxygens (including phenoxy) is 1. The van der Waals surface area contributed by atoms with E-state index in [0.717, 1.165) is 17.1 Å². The number of rotatable bonds is 8. The van der Waals surface area contributed by atoms with Crippen LogP contribution < -0.4 is 5.32 Å². The molecule has 2 N–H and O–H groups in total. The molecule has 1 aliphatic heterocycles. The lowest BCUT2D eigenvalue weighted by atomic mass is 10.3. The summed E-state index contributed by atoms with van der Waals surface area (Å²) in [6, 6.07) is 0. The fourth-order valence-electron chi connectivity index (χ4n) is 1.45. The lowest BCUT2D eigenvalue weighted by Crippen LogP contribution is -2.36. The van der Waals surface area contributed by atoms with Gasteiger partial charge in [0.15, 0.2) is 6.10 Å². The lowest BCUT2D eigenvalue weighted by Gasteiger charge is -2.13. The number of carboxylic acid groups (broad SMARTS) is 1. The average Bonchev–Trinajstić information content (AvgIpc) is 2.71. The predicted octanol–water partition coefficient (Wildman–Crippen LogP) is -1.09. The van der Waals surface area contributed by atoms with E-state index < -0.39 is 23.9 Å². The Bertz CT molecular complexity index is 427. The van der Waals surface area contributed by atoms with Crippen molar-refractivity contribution in [2.75, 3.05) is 19.7 Å². The zero-order chi connectivity index (χ0) is 15.1. The van der Waals surface area contributed by atoms with Gasteiger partial charge in [0.1, 0.15) is 0 Å². The van der Waals surface area contributed by atoms with Gasteiger partial charge < -0.3 is 15.2 Å². The minimum atomic E-state index is -1.07. The molecule has 0 radical (unpaired) electrons. The molecule has 0 aromatic heterocycles. The van der Waals surface area contributed by atoms with Crippen LogP contribution in [0.2, 0.25) is 0 Å². The van der Waals surface area contributed by atoms with Crippen LogP contribution in [0.5, 0.6) is 0 Å². The first-order chi connectivity index (χ1) is 9.41. The Kier molecular flexibility index (Phi) is 5.85. The van der Waals surface area contributed by atoms with Gasteiger partial charge in [-0.2, -0.15) is 0 Å². The van der Waals surface area contributed by atoms with E-state index >= 15 is 0 Å². The topological polar surface area (TPSA) is 113 Å². The summed E-state index contributed by atoms with van der Waals surface area (Å²) in [6.45, 7) is 1.64. The molecule has 0 saturated carbocycles. The molecule has 1 atom stereocenters. The van der Waals surface area contributed by atoms with Crippen LogP contribution >= 0.6 is 0 Å². The number of imide groups is 1. The third-order valence-corrected chi connectivity index (χ3v) is 2.60. The van der Waals surface area contributed by atoms with Gasteiger partial charge in [-0.15, -0.1) is 0 Å². The van der Waals surface area contributed by atoms with Crippen LogP contribution in [0.1, 0.15) is 13.3 Å². The Hall–Kier alpha value is -2.22. The van der Waals surface area contributed by atoms with Crippen LogP contribution in [-0.2, 0) is 23.9 Å². The molecule has 1 unspecified atom stereocenters. The molecule has 0 spiro atoms. The summed E-state index contributed by atoms with van der Waals surface area (Å²) in [5.41, 5.74) is 0. The molecule has 0 aromatic rings. The molecular weight excluding hydrogens is 268 g/mol. The van der Waals surface area contributed by atoms with Gasteiger partial charge in [0.2, 0.25) is 5.91 Å². The molecule has 8 nitrogen and oxygen atoms in total. The van der Waals surface area contributed by atoms with Crippen LogP contribution in [0.3, 0.4) is 0 Å². The minimum Gasteiger partial charge on any atom is -0.479 e. The molecule has 0 saturated heterocycles. The third-order valence-electron chi connectivity index (χ3n) is 2.60. The molecule has 3 amide bonds. The molecule has 0 aliphatic carbocycles. The summed E-state index contributed by atoms with van der Waals surface area (Å²) in [4.78, 5) is 45.3. The molecule has 110 valence electrons. The third kappa shape index (κ3) is 4.81. The van der Waals surface area contributed by atoms with E-state index in [1.807, 2.05) is 0 Å². The van der Waals surface area contributed by atoms with Crippen LogP contribution in [-0.4, -0.2) is 59.5 Å². The number of hydrogen-bond donors (Lipinski definition) is 2. The van der Waals surface area contributed by atoms with E-state index in [0.29, 0.717) is 0 Å². The number of hydrogen-bond acceptors (Lipinski definition) is 5. The Morgan fingerprint density at radius 2 is 1.95 bits per heavy atom. The predicted molar refractivity (Wildman–Crippen MR) is 66.5 cm³/mol. The molecule has 0 aromatic carbocycles. The lowest BCUT2D eigenvalue weighted by molar-refractivity contribution is -0.149. The first kappa shape index (κ1) is 15.8. The highest BCUT2D eigenvalue weighted by atomic mass is 16.5. The van der Waals surface area contributed by atoms with E-state index in [1.165, 1.54) is 6.92 Å². The summed E-state index contributed by atoms with van der Waals surface area (Å²) in [6.07, 6.45) is 1.37. The monoisotopic (exact) mass is 284 g/mol. The summed E-state index contributed by atoms with van der Waals surface area (Å²) in [5, 5.41) is 11.1. The van der Waals surface area contributed by atoms with E-state index in [9.17, 15) is 19.2 Å². The maximum Gasteiger partial charge on any atom is 0.332 e. The highest BCUT2D eigenvalue weighted by molar-refractivity contribution is 6.13. The first-order valence-electron chi connectivity index (χ1n) is 6.06. The minimum absolute atomic E-state index is 0.00631. The van der Waals surface area contributed by atoms with Crippen molar-refractivity contribution in [2.24, 2.45) is 0 Å². The van der Waals surface area contributed by atoms with Crippen molar-refractivity contribution in [3.8, 4) is 0 Å². The van der Waals surface area contributed by atoms with Gasteiger partial charge in [0.05, 0.1) is 6.61 Å². The standard InChI is InChI=1S/C12H16N2O6/c1-8(12(18)19)20-7-5-13-9(15)4-6-14-10(16)2-3-11(14)17/h2-3,8H,4-7H2,1H3,(H,13,15)(H,18,19). The quantitative estimate of drug-likeness (QED) is 0.432. The molecular formula is C12H16N2O6. The van der Waals surface area contributed by atoms with Crippen LogP contribution in [0.15, 0.2) is 12.2 Å². The van der Waals surface area contributed by atoms with Crippen molar-refractivity contribution in [1.29, 1.82) is 0 Å². The number of carbonyl (C=O) groups excluding carboxylic acids is 3. The van der Waals surface area contributed by atoms with E-state index in [-0.39, 0.29) is 32.0 Å². The molecule has 0 fully saturated rings. The average molecular weight is 284 g/mol. The number of amides is 3. The highest BCUT2D eigenvalue weighted by Gasteiger charge is 2.23. The van der Waals surface area contributed by atoms with Crippen LogP contribution in [0.4, 0.5) is 0 Å². The zero-order valence-corrected chi connectivity index (χ0v) is 11.0. The molecule has 8 heteroatoms. The summed E-state index contributed by atoms with van der Waals surface area (Å²) >= 11 is 0. The summed E-state index contributed by atoms with van der Waals surface area (Å²) in [7, 11) is 0. The number of carboxylic acids is 1. The van der Waals surface area contributed by atoms with E-state index in [1.54, 1.807) is 0 Å². The van der Waals surface area contributed by atoms with Gasteiger partial charge in [-0.05, 0) is 6.92 Å². The van der Waals surface area contributed by atoms with Gasteiger partial charge in [-0.25, -0.2) is 4.79 Å². The van der Waals surface area contributed by atoms with Crippen LogP contribution in [0.25, 0.3) is 0 Å². The second-order valence-corrected chi connectivity index (χ2v) is 4.11. The second-order valence-electron chi connectivity index (χ2n) is 4.11. The van der Waals surface area contributed by atoms with Crippen molar-refractivity contribution in [3.05, 3.63) is 12.2 Å². The van der Waals surface area contributed by atoms with Crippen LogP contribution in [0, 0.1) is 0 Å². The van der Waals surface area contributed by atoms with Gasteiger partial charge >= 0.3 is 5.97 Å². The smallest absolute Gasteiger partial charge is 0.332 e. The number of aliphatic carboxylic acids is 1. The number of carbonyl (C=O) groups is 4. The van der Waals surface area contributed by atoms with Crippen molar-refractivity contribution in [2.45, 2.75) is 19.4 Å². The molecule has 0 bridgehead atoms. The Morgan fingerprint density at radius 3 is 2.50 bits per heavy atom. The Labute approximate surface area is 115 Å². The normalized spacial score (nSPS) is 15.6. The Morgan fingerprint density at radius 1 is 1.35 bits per heavy atom. The van der Waals surface area contributed by atoms with Crippen molar-refractivity contribution >= 4 is 23.7 Å². The van der Waals surface area contributed by atoms with Crippen molar-refractivity contribution < 1.29 is 29.0 Å². The fraction of sp³-hybridized carbons (Fsp3) is 0.500. The fourth-order valence-corrected chi connectivity index (χ4v) is 1.45. The molecule has 1 rings (SSSR count). The van der Waals surface area contributed by atoms with Crippen molar-refractivity contribution in [3.63, 3.8) is 0 Å². The summed E-state index contributed by atoms with van der Waals surface area (Å²) in [5.74, 6) is -2.28.